The van der Waals surface area contributed by atoms with Crippen molar-refractivity contribution in [3.63, 3.8) is 0 Å². The summed E-state index contributed by atoms with van der Waals surface area (Å²) in [7, 11) is 1.77. The van der Waals surface area contributed by atoms with Crippen LogP contribution in [0.4, 0.5) is 0 Å². The number of benzene rings is 1. The molecule has 1 amide bonds. The molecule has 5 heteroatoms. The van der Waals surface area contributed by atoms with E-state index in [4.69, 9.17) is 0 Å². The van der Waals surface area contributed by atoms with Crippen LogP contribution in [0, 0.1) is 5.92 Å². The summed E-state index contributed by atoms with van der Waals surface area (Å²) in [6, 6.07) is 12.2. The van der Waals surface area contributed by atoms with Gasteiger partial charge in [0.1, 0.15) is 0 Å². The lowest BCUT2D eigenvalue weighted by atomic mass is 9.81. The first-order valence-corrected chi connectivity index (χ1v) is 11.6. The van der Waals surface area contributed by atoms with E-state index in [1.807, 2.05) is 0 Å². The van der Waals surface area contributed by atoms with Gasteiger partial charge in [0.25, 0.3) is 0 Å². The fraction of sp³-hybridized carbons (Fsp3) is 0.708. The maximum Gasteiger partial charge on any atom is 0.221 e. The third-order valence-electron chi connectivity index (χ3n) is 7.65. The average molecular weight is 397 g/mol. The van der Waals surface area contributed by atoms with Gasteiger partial charge in [-0.2, -0.15) is 0 Å². The molecule has 2 N–H and O–H groups in total. The predicted molar refractivity (Wildman–Crippen MR) is 116 cm³/mol. The smallest absolute Gasteiger partial charge is 0.221 e. The van der Waals surface area contributed by atoms with Gasteiger partial charge in [0.15, 0.2) is 0 Å². The van der Waals surface area contributed by atoms with Gasteiger partial charge in [0, 0.05) is 64.2 Å². The Labute approximate surface area is 175 Å². The van der Waals surface area contributed by atoms with Crippen LogP contribution in [-0.4, -0.2) is 73.1 Å². The van der Waals surface area contributed by atoms with E-state index >= 15 is 0 Å². The van der Waals surface area contributed by atoms with E-state index in [1.165, 1.54) is 44.2 Å². The van der Waals surface area contributed by atoms with Crippen molar-refractivity contribution in [2.75, 3.05) is 39.8 Å². The molecule has 1 aromatic carbocycles. The molecular weight excluding hydrogens is 360 g/mol. The lowest BCUT2D eigenvalue weighted by Crippen LogP contribution is -2.72. The molecule has 2 atom stereocenters. The van der Waals surface area contributed by atoms with Gasteiger partial charge in [-0.25, -0.2) is 0 Å². The Hall–Kier alpha value is -1.43. The second-order valence-corrected chi connectivity index (χ2v) is 9.97. The molecule has 2 aliphatic carbocycles. The van der Waals surface area contributed by atoms with Crippen molar-refractivity contribution < 1.29 is 4.79 Å². The molecule has 0 spiro atoms. The molecule has 1 aromatic rings. The molecule has 4 aliphatic rings. The number of carbonyl (C=O) groups excluding carboxylic acids is 1. The Bertz CT molecular complexity index is 705. The van der Waals surface area contributed by atoms with Crippen molar-refractivity contribution in [3.8, 4) is 0 Å². The highest BCUT2D eigenvalue weighted by atomic mass is 16.1. The molecule has 4 fully saturated rings. The maximum atomic E-state index is 12.2. The van der Waals surface area contributed by atoms with E-state index in [2.05, 4.69) is 50.8 Å². The lowest BCUT2D eigenvalue weighted by Gasteiger charge is -2.57. The zero-order valence-electron chi connectivity index (χ0n) is 17.8. The molecule has 1 unspecified atom stereocenters. The predicted octanol–water partition coefficient (Wildman–Crippen LogP) is 2.20. The summed E-state index contributed by atoms with van der Waals surface area (Å²) >= 11 is 0. The number of nitrogens with zero attached hydrogens (tertiary/aromatic N) is 2. The Balaban J connectivity index is 1.12. The first kappa shape index (κ1) is 19.5. The van der Waals surface area contributed by atoms with Crippen LogP contribution in [0.5, 0.6) is 0 Å². The largest absolute Gasteiger partial charge is 0.359 e. The zero-order valence-corrected chi connectivity index (χ0v) is 17.8. The van der Waals surface area contributed by atoms with Crippen LogP contribution in [0.3, 0.4) is 0 Å². The first-order chi connectivity index (χ1) is 14.1. The number of nitrogens with one attached hydrogen (secondary N) is 2. The summed E-state index contributed by atoms with van der Waals surface area (Å²) in [6.45, 7) is 5.64. The summed E-state index contributed by atoms with van der Waals surface area (Å²) in [4.78, 5) is 17.5. The number of likely N-dealkylation sites (tertiary alicyclic amines) is 2. The molecule has 5 rings (SSSR count). The molecular formula is C24H36N4O. The number of carbonyl (C=O) groups is 1. The van der Waals surface area contributed by atoms with Crippen molar-refractivity contribution in [2.24, 2.45) is 5.92 Å². The van der Waals surface area contributed by atoms with Gasteiger partial charge in [0.05, 0.1) is 5.54 Å². The molecule has 29 heavy (non-hydrogen) atoms. The minimum absolute atomic E-state index is 0.0755. The minimum atomic E-state index is 0.0755. The molecule has 2 heterocycles. The fourth-order valence-electron chi connectivity index (χ4n) is 5.66. The second-order valence-electron chi connectivity index (χ2n) is 9.97. The number of piperidine rings is 1. The third-order valence-corrected chi connectivity index (χ3v) is 7.65. The standard InChI is InChI=1S/C24H36N4O/c1-25-23(29)14-24(16-27(17-24)15-18-7-8-18)28-11-9-20(10-12-28)26-22-13-21(22)19-5-3-2-4-6-19/h2-6,18,20-22,26H,7-17H2,1H3,(H,25,29)/t21?,22-/m1/s1. The third kappa shape index (κ3) is 4.37. The summed E-state index contributed by atoms with van der Waals surface area (Å²) in [6.07, 6.45) is 7.15. The minimum Gasteiger partial charge on any atom is -0.359 e. The van der Waals surface area contributed by atoms with Gasteiger partial charge < -0.3 is 10.6 Å². The Morgan fingerprint density at radius 2 is 1.83 bits per heavy atom. The highest BCUT2D eigenvalue weighted by Gasteiger charge is 2.50. The van der Waals surface area contributed by atoms with E-state index in [-0.39, 0.29) is 11.4 Å². The van der Waals surface area contributed by atoms with E-state index in [0.29, 0.717) is 24.4 Å². The van der Waals surface area contributed by atoms with Crippen molar-refractivity contribution in [2.45, 2.75) is 62.1 Å². The number of hydrogen-bond acceptors (Lipinski definition) is 4. The number of hydrogen-bond donors (Lipinski definition) is 2. The van der Waals surface area contributed by atoms with Gasteiger partial charge in [-0.15, -0.1) is 0 Å². The normalized spacial score (nSPS) is 30.0. The molecule has 158 valence electrons. The molecule has 0 bridgehead atoms. The molecule has 0 radical (unpaired) electrons. The van der Waals surface area contributed by atoms with Crippen LogP contribution in [0.15, 0.2) is 30.3 Å². The monoisotopic (exact) mass is 396 g/mol. The molecule has 2 saturated heterocycles. The molecule has 2 aliphatic heterocycles. The SMILES string of the molecule is CNC(=O)CC1(N2CCC(N[C@@H]3CC3c3ccccc3)CC2)CN(CC2CC2)C1. The Morgan fingerprint density at radius 1 is 1.10 bits per heavy atom. The highest BCUT2D eigenvalue weighted by molar-refractivity contribution is 5.77. The van der Waals surface area contributed by atoms with Gasteiger partial charge in [-0.05, 0) is 43.6 Å². The van der Waals surface area contributed by atoms with E-state index in [9.17, 15) is 4.79 Å². The summed E-state index contributed by atoms with van der Waals surface area (Å²) in [5.41, 5.74) is 1.56. The van der Waals surface area contributed by atoms with E-state index in [0.717, 1.165) is 32.1 Å². The number of rotatable bonds is 8. The Morgan fingerprint density at radius 3 is 2.48 bits per heavy atom. The van der Waals surface area contributed by atoms with Crippen LogP contribution in [-0.2, 0) is 4.79 Å². The van der Waals surface area contributed by atoms with E-state index in [1.54, 1.807) is 7.05 Å². The zero-order chi connectivity index (χ0) is 19.8. The highest BCUT2D eigenvalue weighted by Crippen LogP contribution is 2.42. The summed E-state index contributed by atoms with van der Waals surface area (Å²) < 4.78 is 0. The molecule has 5 nitrogen and oxygen atoms in total. The molecule has 2 saturated carbocycles. The van der Waals surface area contributed by atoms with Crippen LogP contribution in [0.25, 0.3) is 0 Å². The van der Waals surface area contributed by atoms with Crippen LogP contribution in [0.1, 0.15) is 50.0 Å². The fourth-order valence-corrected chi connectivity index (χ4v) is 5.66. The summed E-state index contributed by atoms with van der Waals surface area (Å²) in [5, 5.41) is 6.79. The lowest BCUT2D eigenvalue weighted by molar-refractivity contribution is -0.131. The van der Waals surface area contributed by atoms with Crippen LogP contribution < -0.4 is 10.6 Å². The van der Waals surface area contributed by atoms with E-state index < -0.39 is 0 Å². The number of amides is 1. The topological polar surface area (TPSA) is 47.6 Å². The quantitative estimate of drug-likeness (QED) is 0.707. The summed E-state index contributed by atoms with van der Waals surface area (Å²) in [5.74, 6) is 1.83. The Kier molecular flexibility index (Phi) is 5.39. The van der Waals surface area contributed by atoms with Gasteiger partial charge >= 0.3 is 0 Å². The van der Waals surface area contributed by atoms with Crippen LogP contribution >= 0.6 is 0 Å². The van der Waals surface area contributed by atoms with Gasteiger partial charge in [0.2, 0.25) is 5.91 Å². The maximum absolute atomic E-state index is 12.2. The van der Waals surface area contributed by atoms with Crippen molar-refractivity contribution >= 4 is 5.91 Å². The average Bonchev–Trinajstić information content (AvgIpc) is 3.64. The first-order valence-electron chi connectivity index (χ1n) is 11.6. The van der Waals surface area contributed by atoms with Gasteiger partial charge in [-0.3, -0.25) is 14.6 Å². The van der Waals surface area contributed by atoms with Crippen LogP contribution in [0.2, 0.25) is 0 Å². The van der Waals surface area contributed by atoms with Crippen molar-refractivity contribution in [1.82, 2.24) is 20.4 Å². The van der Waals surface area contributed by atoms with Gasteiger partial charge in [-0.1, -0.05) is 30.3 Å². The second kappa shape index (κ2) is 8.01. The van der Waals surface area contributed by atoms with Crippen molar-refractivity contribution in [3.05, 3.63) is 35.9 Å². The van der Waals surface area contributed by atoms with Crippen molar-refractivity contribution in [1.29, 1.82) is 0 Å². The molecule has 0 aromatic heterocycles.